The van der Waals surface area contributed by atoms with E-state index in [0.717, 1.165) is 34.0 Å². The topological polar surface area (TPSA) is 50.3 Å². The van der Waals surface area contributed by atoms with Crippen molar-refractivity contribution in [1.29, 1.82) is 0 Å². The van der Waals surface area contributed by atoms with Gasteiger partial charge in [0.25, 0.3) is 0 Å². The van der Waals surface area contributed by atoms with E-state index in [9.17, 15) is 0 Å². The number of para-hydroxylation sites is 3. The van der Waals surface area contributed by atoms with E-state index in [1.54, 1.807) is 12.4 Å². The zero-order valence-corrected chi connectivity index (χ0v) is 25.7. The summed E-state index contributed by atoms with van der Waals surface area (Å²) in [6, 6.07) is 54.2. The number of benzene rings is 6. The lowest BCUT2D eigenvalue weighted by atomic mass is 9.98. The van der Waals surface area contributed by atoms with Crippen molar-refractivity contribution in [2.45, 2.75) is 0 Å². The molecular weight excluding hydrogens is 574 g/mol. The predicted molar refractivity (Wildman–Crippen MR) is 196 cm³/mol. The molecule has 5 nitrogen and oxygen atoms in total. The van der Waals surface area contributed by atoms with Crippen molar-refractivity contribution in [3.63, 3.8) is 0 Å². The maximum Gasteiger partial charge on any atom is 0.100 e. The molecule has 47 heavy (non-hydrogen) atoms. The molecule has 1 aliphatic rings. The van der Waals surface area contributed by atoms with E-state index in [1.165, 1.54) is 38.5 Å². The molecule has 0 atom stereocenters. The first-order chi connectivity index (χ1) is 23.2. The van der Waals surface area contributed by atoms with Crippen LogP contribution in [0.1, 0.15) is 0 Å². The molecule has 0 radical (unpaired) electrons. The number of nitrogens with two attached hydrogens (primary N) is 1. The molecule has 0 aliphatic carbocycles. The molecule has 224 valence electrons. The third kappa shape index (κ3) is 4.43. The van der Waals surface area contributed by atoms with Gasteiger partial charge in [0.1, 0.15) is 6.67 Å². The fraction of sp³-hybridized carbons (Fsp3) is 0.0238. The van der Waals surface area contributed by atoms with Gasteiger partial charge < -0.3 is 20.1 Å². The summed E-state index contributed by atoms with van der Waals surface area (Å²) in [6.07, 6.45) is 3.53. The molecule has 2 N–H and O–H groups in total. The fourth-order valence-electron chi connectivity index (χ4n) is 7.11. The Kier molecular flexibility index (Phi) is 6.28. The van der Waals surface area contributed by atoms with E-state index >= 15 is 0 Å². The van der Waals surface area contributed by atoms with E-state index in [1.807, 2.05) is 6.07 Å². The summed E-state index contributed by atoms with van der Waals surface area (Å²) in [6.45, 7) is 0.633. The predicted octanol–water partition coefficient (Wildman–Crippen LogP) is 10.3. The smallest absolute Gasteiger partial charge is 0.100 e. The Morgan fingerprint density at radius 1 is 0.489 bits per heavy atom. The van der Waals surface area contributed by atoms with Crippen LogP contribution in [-0.4, -0.2) is 16.2 Å². The van der Waals surface area contributed by atoms with Crippen molar-refractivity contribution >= 4 is 50.2 Å². The maximum atomic E-state index is 6.46. The SMILES string of the molecule is Nc1cnccc1N1CN(c2cccc3c2c2ccccc2n3-c2cc(-c3ccccc3)cc(-c3ccccc3)c2)c2ccccc21. The number of nitrogens with zero attached hydrogens (tertiary/aromatic N) is 4. The van der Waals surface area contributed by atoms with Gasteiger partial charge >= 0.3 is 0 Å². The Morgan fingerprint density at radius 3 is 1.74 bits per heavy atom. The first kappa shape index (κ1) is 27.0. The van der Waals surface area contributed by atoms with Crippen LogP contribution in [0.3, 0.4) is 0 Å². The molecule has 5 heteroatoms. The van der Waals surface area contributed by atoms with Crippen molar-refractivity contribution in [2.75, 3.05) is 22.2 Å². The molecule has 0 amide bonds. The van der Waals surface area contributed by atoms with Crippen LogP contribution in [0.15, 0.2) is 164 Å². The molecule has 0 fully saturated rings. The zero-order chi connectivity index (χ0) is 31.3. The molecule has 0 saturated heterocycles. The second-order valence-corrected chi connectivity index (χ2v) is 11.9. The van der Waals surface area contributed by atoms with Crippen LogP contribution in [0.4, 0.5) is 28.4 Å². The molecular formula is C42H31N5. The van der Waals surface area contributed by atoms with Crippen LogP contribution in [0, 0.1) is 0 Å². The average Bonchev–Trinajstić information content (AvgIpc) is 3.69. The largest absolute Gasteiger partial charge is 0.396 e. The Bertz CT molecular complexity index is 2360. The summed E-state index contributed by atoms with van der Waals surface area (Å²) in [5, 5.41) is 2.43. The second kappa shape index (κ2) is 10.9. The normalized spacial score (nSPS) is 12.6. The van der Waals surface area contributed by atoms with Gasteiger partial charge in [0.15, 0.2) is 0 Å². The lowest BCUT2D eigenvalue weighted by Crippen LogP contribution is -2.24. The first-order valence-corrected chi connectivity index (χ1v) is 15.9. The lowest BCUT2D eigenvalue weighted by molar-refractivity contribution is 0.994. The Balaban J connectivity index is 1.28. The number of anilines is 5. The van der Waals surface area contributed by atoms with Gasteiger partial charge in [0, 0.05) is 22.7 Å². The number of hydrogen-bond donors (Lipinski definition) is 1. The summed E-state index contributed by atoms with van der Waals surface area (Å²) >= 11 is 0. The van der Waals surface area contributed by atoms with Gasteiger partial charge in [-0.05, 0) is 76.9 Å². The third-order valence-electron chi connectivity index (χ3n) is 9.22. The second-order valence-electron chi connectivity index (χ2n) is 11.9. The van der Waals surface area contributed by atoms with Crippen LogP contribution >= 0.6 is 0 Å². The molecule has 0 unspecified atom stereocenters. The van der Waals surface area contributed by atoms with Crippen molar-refractivity contribution in [2.24, 2.45) is 0 Å². The van der Waals surface area contributed by atoms with E-state index in [2.05, 4.69) is 165 Å². The van der Waals surface area contributed by atoms with Crippen LogP contribution in [-0.2, 0) is 0 Å². The molecule has 6 aromatic carbocycles. The highest BCUT2D eigenvalue weighted by Crippen LogP contribution is 2.48. The van der Waals surface area contributed by atoms with E-state index < -0.39 is 0 Å². The highest BCUT2D eigenvalue weighted by Gasteiger charge is 2.30. The first-order valence-electron chi connectivity index (χ1n) is 15.9. The number of pyridine rings is 1. The van der Waals surface area contributed by atoms with Gasteiger partial charge in [0.05, 0.1) is 45.7 Å². The zero-order valence-electron chi connectivity index (χ0n) is 25.7. The number of nitrogen functional groups attached to an aromatic ring is 1. The van der Waals surface area contributed by atoms with E-state index in [0.29, 0.717) is 12.4 Å². The number of fused-ring (bicyclic) bond motifs is 4. The van der Waals surface area contributed by atoms with Gasteiger partial charge in [-0.2, -0.15) is 0 Å². The third-order valence-corrected chi connectivity index (χ3v) is 9.22. The number of rotatable bonds is 5. The van der Waals surface area contributed by atoms with E-state index in [4.69, 9.17) is 5.73 Å². The van der Waals surface area contributed by atoms with Crippen molar-refractivity contribution in [3.05, 3.63) is 164 Å². The van der Waals surface area contributed by atoms with Crippen molar-refractivity contribution < 1.29 is 0 Å². The number of hydrogen-bond acceptors (Lipinski definition) is 4. The minimum Gasteiger partial charge on any atom is -0.396 e. The molecule has 2 aromatic heterocycles. The molecule has 0 spiro atoms. The van der Waals surface area contributed by atoms with Crippen molar-refractivity contribution in [3.8, 4) is 27.9 Å². The van der Waals surface area contributed by atoms with Crippen LogP contribution in [0.25, 0.3) is 49.7 Å². The van der Waals surface area contributed by atoms with Crippen LogP contribution in [0.2, 0.25) is 0 Å². The summed E-state index contributed by atoms with van der Waals surface area (Å²) in [5.74, 6) is 0. The van der Waals surface area contributed by atoms with Crippen LogP contribution < -0.4 is 15.5 Å². The molecule has 1 aliphatic heterocycles. The monoisotopic (exact) mass is 605 g/mol. The lowest BCUT2D eigenvalue weighted by Gasteiger charge is -2.23. The molecule has 0 bridgehead atoms. The minimum absolute atomic E-state index is 0.633. The van der Waals surface area contributed by atoms with Gasteiger partial charge in [-0.15, -0.1) is 0 Å². The highest BCUT2D eigenvalue weighted by atomic mass is 15.4. The standard InChI is InChI=1S/C42H31N5/c43-35-27-44-23-22-37(35)45-28-46(39-19-10-9-18-38(39)45)40-20-11-21-41-42(40)34-16-7-8-17-36(34)47(41)33-25-31(29-12-3-1-4-13-29)24-32(26-33)30-14-5-2-6-15-30/h1-27H,28,43H2. The molecule has 0 saturated carbocycles. The molecule has 3 heterocycles. The minimum atomic E-state index is 0.633. The summed E-state index contributed by atoms with van der Waals surface area (Å²) in [7, 11) is 0. The summed E-state index contributed by atoms with van der Waals surface area (Å²) in [5.41, 5.74) is 19.7. The molecule has 9 rings (SSSR count). The fourth-order valence-corrected chi connectivity index (χ4v) is 7.11. The Hall–Kier alpha value is -6.33. The average molecular weight is 606 g/mol. The maximum absolute atomic E-state index is 6.46. The number of aromatic nitrogens is 2. The van der Waals surface area contributed by atoms with Crippen molar-refractivity contribution in [1.82, 2.24) is 9.55 Å². The van der Waals surface area contributed by atoms with Crippen LogP contribution in [0.5, 0.6) is 0 Å². The Morgan fingerprint density at radius 2 is 1.06 bits per heavy atom. The quantitative estimate of drug-likeness (QED) is 0.212. The van der Waals surface area contributed by atoms with E-state index in [-0.39, 0.29) is 0 Å². The summed E-state index contributed by atoms with van der Waals surface area (Å²) in [4.78, 5) is 8.92. The highest BCUT2D eigenvalue weighted by molar-refractivity contribution is 6.16. The Labute approximate surface area is 273 Å². The van der Waals surface area contributed by atoms with Gasteiger partial charge in [0.2, 0.25) is 0 Å². The summed E-state index contributed by atoms with van der Waals surface area (Å²) < 4.78 is 2.42. The van der Waals surface area contributed by atoms with Gasteiger partial charge in [-0.3, -0.25) is 4.98 Å². The molecule has 8 aromatic rings. The van der Waals surface area contributed by atoms with Gasteiger partial charge in [-0.1, -0.05) is 97.1 Å². The van der Waals surface area contributed by atoms with Gasteiger partial charge in [-0.25, -0.2) is 0 Å².